The number of carbonyl (C=O) groups excluding carboxylic acids is 2. The van der Waals surface area contributed by atoms with Gasteiger partial charge in [-0.3, -0.25) is 4.79 Å². The Kier molecular flexibility index (Phi) is 8.01. The molecular weight excluding hydrogens is 332 g/mol. The third-order valence-electron chi connectivity index (χ3n) is 4.13. The van der Waals surface area contributed by atoms with E-state index in [0.717, 1.165) is 36.9 Å². The van der Waals surface area contributed by atoms with Crippen LogP contribution in [0.5, 0.6) is 5.75 Å². The summed E-state index contributed by atoms with van der Waals surface area (Å²) >= 11 is 0. The summed E-state index contributed by atoms with van der Waals surface area (Å²) in [5.74, 6) is 0.124. The standard InChI is InChI=1S/C17H24N2O4.ClH/c1-11-8-14(23-10-16(20)22-2)6-7-15(11)19-17(21)12-4-3-5-13(18)9-12;/h6-8,12-13H,3-5,9-10,18H2,1-2H3,(H,19,21);1H. The molecular formula is C17H25ClN2O4. The lowest BCUT2D eigenvalue weighted by Gasteiger charge is -2.26. The van der Waals surface area contributed by atoms with Crippen molar-refractivity contribution in [3.05, 3.63) is 23.8 Å². The highest BCUT2D eigenvalue weighted by Gasteiger charge is 2.25. The number of rotatable bonds is 5. The molecule has 0 saturated heterocycles. The number of esters is 1. The van der Waals surface area contributed by atoms with E-state index in [0.29, 0.717) is 5.75 Å². The molecule has 0 aromatic heterocycles. The van der Waals surface area contributed by atoms with Crippen molar-refractivity contribution in [3.63, 3.8) is 0 Å². The van der Waals surface area contributed by atoms with E-state index in [1.165, 1.54) is 7.11 Å². The molecule has 0 heterocycles. The van der Waals surface area contributed by atoms with Crippen LogP contribution in [0.3, 0.4) is 0 Å². The van der Waals surface area contributed by atoms with Gasteiger partial charge in [-0.15, -0.1) is 12.4 Å². The topological polar surface area (TPSA) is 90.6 Å². The second kappa shape index (κ2) is 9.49. The lowest BCUT2D eigenvalue weighted by Crippen LogP contribution is -2.34. The summed E-state index contributed by atoms with van der Waals surface area (Å²) in [7, 11) is 1.31. The zero-order valence-electron chi connectivity index (χ0n) is 14.0. The Morgan fingerprint density at radius 3 is 2.71 bits per heavy atom. The van der Waals surface area contributed by atoms with Crippen molar-refractivity contribution < 1.29 is 19.1 Å². The molecule has 6 nitrogen and oxygen atoms in total. The number of ether oxygens (including phenoxy) is 2. The SMILES string of the molecule is COC(=O)COc1ccc(NC(=O)C2CCCC(N)C2)c(C)c1.Cl. The largest absolute Gasteiger partial charge is 0.482 e. The number of halogens is 1. The molecule has 1 saturated carbocycles. The fourth-order valence-corrected chi connectivity index (χ4v) is 2.77. The van der Waals surface area contributed by atoms with Crippen LogP contribution in [0.1, 0.15) is 31.2 Å². The maximum atomic E-state index is 12.3. The Balaban J connectivity index is 0.00000288. The summed E-state index contributed by atoms with van der Waals surface area (Å²) in [6.45, 7) is 1.74. The first-order chi connectivity index (χ1) is 11.0. The van der Waals surface area contributed by atoms with Gasteiger partial charge in [0.05, 0.1) is 7.11 Å². The molecule has 1 aromatic carbocycles. The van der Waals surface area contributed by atoms with Crippen LogP contribution in [0.15, 0.2) is 18.2 Å². The predicted molar refractivity (Wildman–Crippen MR) is 94.5 cm³/mol. The first kappa shape index (κ1) is 20.3. The Labute approximate surface area is 148 Å². The van der Waals surface area contributed by atoms with Crippen LogP contribution in [0.4, 0.5) is 5.69 Å². The molecule has 2 atom stereocenters. The molecule has 1 fully saturated rings. The highest BCUT2D eigenvalue weighted by atomic mass is 35.5. The Morgan fingerprint density at radius 2 is 2.08 bits per heavy atom. The van der Waals surface area contributed by atoms with E-state index in [2.05, 4.69) is 10.1 Å². The number of nitrogens with one attached hydrogen (secondary N) is 1. The molecule has 134 valence electrons. The quantitative estimate of drug-likeness (QED) is 0.791. The van der Waals surface area contributed by atoms with E-state index < -0.39 is 5.97 Å². The van der Waals surface area contributed by atoms with Crippen LogP contribution in [-0.4, -0.2) is 31.6 Å². The summed E-state index contributed by atoms with van der Waals surface area (Å²) in [6.07, 6.45) is 3.62. The van der Waals surface area contributed by atoms with Crippen LogP contribution in [-0.2, 0) is 14.3 Å². The van der Waals surface area contributed by atoms with E-state index in [4.69, 9.17) is 10.5 Å². The molecule has 1 amide bonds. The van der Waals surface area contributed by atoms with E-state index in [1.54, 1.807) is 18.2 Å². The van der Waals surface area contributed by atoms with Crippen molar-refractivity contribution in [1.29, 1.82) is 0 Å². The molecule has 7 heteroatoms. The van der Waals surface area contributed by atoms with Crippen LogP contribution in [0, 0.1) is 12.8 Å². The number of aryl methyl sites for hydroxylation is 1. The number of hydrogen-bond donors (Lipinski definition) is 2. The molecule has 24 heavy (non-hydrogen) atoms. The fraction of sp³-hybridized carbons (Fsp3) is 0.529. The third kappa shape index (κ3) is 5.69. The molecule has 1 aliphatic carbocycles. The number of carbonyl (C=O) groups is 2. The van der Waals surface area contributed by atoms with Crippen molar-refractivity contribution in [3.8, 4) is 5.75 Å². The fourth-order valence-electron chi connectivity index (χ4n) is 2.77. The van der Waals surface area contributed by atoms with Gasteiger partial charge in [0.2, 0.25) is 5.91 Å². The summed E-state index contributed by atoms with van der Waals surface area (Å²) in [4.78, 5) is 23.4. The monoisotopic (exact) mass is 356 g/mol. The number of hydrogen-bond acceptors (Lipinski definition) is 5. The van der Waals surface area contributed by atoms with Crippen molar-refractivity contribution in [2.24, 2.45) is 11.7 Å². The van der Waals surface area contributed by atoms with Crippen LogP contribution >= 0.6 is 12.4 Å². The summed E-state index contributed by atoms with van der Waals surface area (Å²) in [6, 6.07) is 5.40. The highest BCUT2D eigenvalue weighted by molar-refractivity contribution is 5.93. The number of methoxy groups -OCH3 is 1. The lowest BCUT2D eigenvalue weighted by atomic mass is 9.85. The third-order valence-corrected chi connectivity index (χ3v) is 4.13. The Hall–Kier alpha value is -1.79. The van der Waals surface area contributed by atoms with Gasteiger partial charge in [-0.05, 0) is 49.9 Å². The molecule has 0 spiro atoms. The minimum atomic E-state index is -0.436. The average Bonchev–Trinajstić information content (AvgIpc) is 2.54. The number of amides is 1. The lowest BCUT2D eigenvalue weighted by molar-refractivity contribution is -0.142. The zero-order chi connectivity index (χ0) is 16.8. The van der Waals surface area contributed by atoms with Gasteiger partial charge in [0, 0.05) is 17.6 Å². The zero-order valence-corrected chi connectivity index (χ0v) is 14.9. The minimum absolute atomic E-state index is 0. The van der Waals surface area contributed by atoms with Crippen molar-refractivity contribution in [1.82, 2.24) is 0 Å². The van der Waals surface area contributed by atoms with Crippen molar-refractivity contribution >= 4 is 30.0 Å². The maximum Gasteiger partial charge on any atom is 0.343 e. The van der Waals surface area contributed by atoms with Gasteiger partial charge < -0.3 is 20.5 Å². The molecule has 0 aliphatic heterocycles. The molecule has 0 bridgehead atoms. The normalized spacial score (nSPS) is 19.8. The summed E-state index contributed by atoms with van der Waals surface area (Å²) in [5.41, 5.74) is 7.57. The van der Waals surface area contributed by atoms with E-state index in [1.807, 2.05) is 6.92 Å². The van der Waals surface area contributed by atoms with E-state index in [-0.39, 0.29) is 36.9 Å². The van der Waals surface area contributed by atoms with Gasteiger partial charge >= 0.3 is 5.97 Å². The van der Waals surface area contributed by atoms with Gasteiger partial charge in [0.1, 0.15) is 5.75 Å². The van der Waals surface area contributed by atoms with Crippen LogP contribution in [0.2, 0.25) is 0 Å². The van der Waals surface area contributed by atoms with Gasteiger partial charge in [-0.25, -0.2) is 4.79 Å². The van der Waals surface area contributed by atoms with E-state index in [9.17, 15) is 9.59 Å². The van der Waals surface area contributed by atoms with Crippen molar-refractivity contribution in [2.75, 3.05) is 19.0 Å². The molecule has 0 radical (unpaired) electrons. The second-order valence-corrected chi connectivity index (χ2v) is 5.95. The summed E-state index contributed by atoms with van der Waals surface area (Å²) in [5, 5.41) is 2.96. The number of nitrogens with two attached hydrogens (primary N) is 1. The van der Waals surface area contributed by atoms with E-state index >= 15 is 0 Å². The van der Waals surface area contributed by atoms with Crippen LogP contribution < -0.4 is 15.8 Å². The summed E-state index contributed by atoms with van der Waals surface area (Å²) < 4.78 is 9.85. The van der Waals surface area contributed by atoms with Gasteiger partial charge in [0.15, 0.2) is 6.61 Å². The Bertz CT molecular complexity index is 580. The van der Waals surface area contributed by atoms with Gasteiger partial charge in [-0.2, -0.15) is 0 Å². The van der Waals surface area contributed by atoms with Crippen LogP contribution in [0.25, 0.3) is 0 Å². The highest BCUT2D eigenvalue weighted by Crippen LogP contribution is 2.26. The van der Waals surface area contributed by atoms with Gasteiger partial charge in [-0.1, -0.05) is 6.42 Å². The Morgan fingerprint density at radius 1 is 1.33 bits per heavy atom. The average molecular weight is 357 g/mol. The minimum Gasteiger partial charge on any atom is -0.482 e. The predicted octanol–water partition coefficient (Wildman–Crippen LogP) is 2.42. The smallest absolute Gasteiger partial charge is 0.343 e. The van der Waals surface area contributed by atoms with Crippen molar-refractivity contribution in [2.45, 2.75) is 38.6 Å². The second-order valence-electron chi connectivity index (χ2n) is 5.95. The first-order valence-corrected chi connectivity index (χ1v) is 7.86. The van der Waals surface area contributed by atoms with Gasteiger partial charge in [0.25, 0.3) is 0 Å². The molecule has 2 unspecified atom stereocenters. The molecule has 3 N–H and O–H groups in total. The number of benzene rings is 1. The maximum absolute atomic E-state index is 12.3. The molecule has 2 rings (SSSR count). The molecule has 1 aromatic rings. The first-order valence-electron chi connectivity index (χ1n) is 7.86. The molecule has 1 aliphatic rings. The number of anilines is 1.